The third kappa shape index (κ3) is 3.05. The summed E-state index contributed by atoms with van der Waals surface area (Å²) in [5.41, 5.74) is 2.01. The number of rotatable bonds is 3. The molecule has 3 nitrogen and oxygen atoms in total. The number of carbonyl (C=O) groups excluding carboxylic acids is 1. The highest BCUT2D eigenvalue weighted by Gasteiger charge is 2.21. The van der Waals surface area contributed by atoms with Gasteiger partial charge in [-0.05, 0) is 44.4 Å². The zero-order chi connectivity index (χ0) is 12.3. The van der Waals surface area contributed by atoms with E-state index >= 15 is 0 Å². The predicted octanol–water partition coefficient (Wildman–Crippen LogP) is 2.55. The summed E-state index contributed by atoms with van der Waals surface area (Å²) in [6.45, 7) is 3.91. The zero-order valence-electron chi connectivity index (χ0n) is 10.6. The van der Waals surface area contributed by atoms with E-state index in [1.54, 1.807) is 6.20 Å². The fourth-order valence-electron chi connectivity index (χ4n) is 2.38. The van der Waals surface area contributed by atoms with Gasteiger partial charge in [0, 0.05) is 17.9 Å². The molecule has 1 heterocycles. The Bertz CT molecular complexity index is 397. The summed E-state index contributed by atoms with van der Waals surface area (Å²) < 4.78 is 0. The molecule has 0 aliphatic heterocycles. The van der Waals surface area contributed by atoms with E-state index in [-0.39, 0.29) is 11.8 Å². The molecular weight excluding hydrogens is 212 g/mol. The topological polar surface area (TPSA) is 42.0 Å². The van der Waals surface area contributed by atoms with Crippen molar-refractivity contribution in [2.75, 3.05) is 0 Å². The lowest BCUT2D eigenvalue weighted by molar-refractivity contribution is -0.122. The van der Waals surface area contributed by atoms with E-state index in [2.05, 4.69) is 10.3 Å². The number of nitrogens with one attached hydrogen (secondary N) is 1. The maximum absolute atomic E-state index is 12.1. The Morgan fingerprint density at radius 2 is 2.18 bits per heavy atom. The summed E-state index contributed by atoms with van der Waals surface area (Å²) in [5.74, 6) is 0.0554. The van der Waals surface area contributed by atoms with Crippen LogP contribution in [0.15, 0.2) is 18.3 Å². The fourth-order valence-corrected chi connectivity index (χ4v) is 2.38. The Balaban J connectivity index is 1.98. The SMILES string of the molecule is Cc1cc(C(C)C(=O)NC2CCCC2)ccn1. The lowest BCUT2D eigenvalue weighted by Gasteiger charge is -2.17. The molecule has 0 spiro atoms. The van der Waals surface area contributed by atoms with Gasteiger partial charge in [0.2, 0.25) is 5.91 Å². The van der Waals surface area contributed by atoms with Crippen molar-refractivity contribution in [3.8, 4) is 0 Å². The molecule has 0 radical (unpaired) electrons. The summed E-state index contributed by atoms with van der Waals surface area (Å²) in [5, 5.41) is 3.14. The van der Waals surface area contributed by atoms with Gasteiger partial charge in [-0.2, -0.15) is 0 Å². The second kappa shape index (κ2) is 5.30. The van der Waals surface area contributed by atoms with Crippen LogP contribution in [0.5, 0.6) is 0 Å². The van der Waals surface area contributed by atoms with Gasteiger partial charge in [-0.1, -0.05) is 12.8 Å². The van der Waals surface area contributed by atoms with Gasteiger partial charge in [0.1, 0.15) is 0 Å². The second-order valence-corrected chi connectivity index (χ2v) is 4.94. The van der Waals surface area contributed by atoms with Crippen molar-refractivity contribution in [2.45, 2.75) is 51.5 Å². The molecule has 0 aromatic carbocycles. The molecule has 1 aromatic heterocycles. The number of pyridine rings is 1. The maximum Gasteiger partial charge on any atom is 0.227 e. The minimum absolute atomic E-state index is 0.0858. The third-order valence-corrected chi connectivity index (χ3v) is 3.52. The first-order valence-corrected chi connectivity index (χ1v) is 6.40. The van der Waals surface area contributed by atoms with Crippen molar-refractivity contribution in [3.63, 3.8) is 0 Å². The fraction of sp³-hybridized carbons (Fsp3) is 0.571. The Hall–Kier alpha value is -1.38. The standard InChI is InChI=1S/C14H20N2O/c1-10-9-12(7-8-15-10)11(2)14(17)16-13-5-3-4-6-13/h7-9,11,13H,3-6H2,1-2H3,(H,16,17). The highest BCUT2D eigenvalue weighted by molar-refractivity contribution is 5.83. The molecule has 1 aliphatic carbocycles. The Labute approximate surface area is 103 Å². The lowest BCUT2D eigenvalue weighted by Crippen LogP contribution is -2.35. The zero-order valence-corrected chi connectivity index (χ0v) is 10.6. The highest BCUT2D eigenvalue weighted by Crippen LogP contribution is 2.20. The minimum Gasteiger partial charge on any atom is -0.353 e. The van der Waals surface area contributed by atoms with Crippen LogP contribution in [0.2, 0.25) is 0 Å². The van der Waals surface area contributed by atoms with Gasteiger partial charge in [0.25, 0.3) is 0 Å². The van der Waals surface area contributed by atoms with Crippen LogP contribution in [-0.2, 0) is 4.79 Å². The molecule has 1 aromatic rings. The smallest absolute Gasteiger partial charge is 0.227 e. The van der Waals surface area contributed by atoms with Crippen molar-refractivity contribution in [3.05, 3.63) is 29.6 Å². The van der Waals surface area contributed by atoms with E-state index in [4.69, 9.17) is 0 Å². The largest absolute Gasteiger partial charge is 0.353 e. The highest BCUT2D eigenvalue weighted by atomic mass is 16.1. The van der Waals surface area contributed by atoms with Gasteiger partial charge in [0.05, 0.1) is 5.92 Å². The Kier molecular flexibility index (Phi) is 3.77. The van der Waals surface area contributed by atoms with E-state index in [1.807, 2.05) is 26.0 Å². The number of aryl methyl sites for hydroxylation is 1. The first kappa shape index (κ1) is 12.1. The van der Waals surface area contributed by atoms with E-state index in [0.717, 1.165) is 24.1 Å². The predicted molar refractivity (Wildman–Crippen MR) is 67.8 cm³/mol. The van der Waals surface area contributed by atoms with Crippen LogP contribution in [-0.4, -0.2) is 16.9 Å². The molecule has 3 heteroatoms. The molecule has 2 rings (SSSR count). The number of amides is 1. The summed E-state index contributed by atoms with van der Waals surface area (Å²) in [6.07, 6.45) is 6.52. The van der Waals surface area contributed by atoms with E-state index < -0.39 is 0 Å². The average molecular weight is 232 g/mol. The van der Waals surface area contributed by atoms with Crippen LogP contribution in [0.3, 0.4) is 0 Å². The number of hydrogen-bond donors (Lipinski definition) is 1. The van der Waals surface area contributed by atoms with Crippen molar-refractivity contribution < 1.29 is 4.79 Å². The Morgan fingerprint density at radius 1 is 1.47 bits per heavy atom. The van der Waals surface area contributed by atoms with Crippen LogP contribution >= 0.6 is 0 Å². The van der Waals surface area contributed by atoms with Crippen LogP contribution < -0.4 is 5.32 Å². The summed E-state index contributed by atoms with van der Waals surface area (Å²) >= 11 is 0. The molecule has 0 saturated heterocycles. The van der Waals surface area contributed by atoms with Gasteiger partial charge in [-0.3, -0.25) is 9.78 Å². The van der Waals surface area contributed by atoms with Crippen LogP contribution in [0.1, 0.15) is 49.8 Å². The molecule has 17 heavy (non-hydrogen) atoms. The maximum atomic E-state index is 12.1. The van der Waals surface area contributed by atoms with E-state index in [0.29, 0.717) is 6.04 Å². The van der Waals surface area contributed by atoms with Gasteiger partial charge in [-0.25, -0.2) is 0 Å². The van der Waals surface area contributed by atoms with Crippen molar-refractivity contribution >= 4 is 5.91 Å². The monoisotopic (exact) mass is 232 g/mol. The molecule has 1 amide bonds. The van der Waals surface area contributed by atoms with Crippen molar-refractivity contribution in [1.29, 1.82) is 0 Å². The van der Waals surface area contributed by atoms with Gasteiger partial charge in [-0.15, -0.1) is 0 Å². The van der Waals surface area contributed by atoms with Crippen LogP contribution in [0.4, 0.5) is 0 Å². The molecule has 1 saturated carbocycles. The van der Waals surface area contributed by atoms with Gasteiger partial charge in [0.15, 0.2) is 0 Å². The van der Waals surface area contributed by atoms with E-state index in [1.165, 1.54) is 12.8 Å². The molecule has 1 atom stereocenters. The summed E-state index contributed by atoms with van der Waals surface area (Å²) in [4.78, 5) is 16.2. The van der Waals surface area contributed by atoms with Gasteiger partial charge >= 0.3 is 0 Å². The summed E-state index contributed by atoms with van der Waals surface area (Å²) in [6, 6.07) is 4.30. The molecule has 0 bridgehead atoms. The molecule has 1 unspecified atom stereocenters. The van der Waals surface area contributed by atoms with Crippen LogP contribution in [0, 0.1) is 6.92 Å². The average Bonchev–Trinajstić information content (AvgIpc) is 2.80. The number of nitrogens with zero attached hydrogens (tertiary/aromatic N) is 1. The number of carbonyl (C=O) groups is 1. The quantitative estimate of drug-likeness (QED) is 0.870. The Morgan fingerprint density at radius 3 is 2.82 bits per heavy atom. The number of hydrogen-bond acceptors (Lipinski definition) is 2. The molecule has 1 N–H and O–H groups in total. The molecule has 1 aliphatic rings. The minimum atomic E-state index is -0.0858. The number of aromatic nitrogens is 1. The first-order chi connectivity index (χ1) is 8.16. The van der Waals surface area contributed by atoms with E-state index in [9.17, 15) is 4.79 Å². The molecule has 1 fully saturated rings. The second-order valence-electron chi connectivity index (χ2n) is 4.94. The van der Waals surface area contributed by atoms with Crippen molar-refractivity contribution in [1.82, 2.24) is 10.3 Å². The lowest BCUT2D eigenvalue weighted by atomic mass is 10.0. The summed E-state index contributed by atoms with van der Waals surface area (Å²) in [7, 11) is 0. The van der Waals surface area contributed by atoms with Gasteiger partial charge < -0.3 is 5.32 Å². The first-order valence-electron chi connectivity index (χ1n) is 6.40. The molecular formula is C14H20N2O. The van der Waals surface area contributed by atoms with Crippen molar-refractivity contribution in [2.24, 2.45) is 0 Å². The van der Waals surface area contributed by atoms with Crippen LogP contribution in [0.25, 0.3) is 0 Å². The molecule has 92 valence electrons. The normalized spacial score (nSPS) is 18.0. The third-order valence-electron chi connectivity index (χ3n) is 3.52.